The van der Waals surface area contributed by atoms with Gasteiger partial charge in [0.15, 0.2) is 4.34 Å². The van der Waals surface area contributed by atoms with Crippen molar-refractivity contribution in [3.8, 4) is 0 Å². The van der Waals surface area contributed by atoms with E-state index in [1.54, 1.807) is 28.8 Å². The first-order chi connectivity index (χ1) is 14.2. The fraction of sp³-hybridized carbons (Fsp3) is 0.238. The van der Waals surface area contributed by atoms with Gasteiger partial charge in [-0.3, -0.25) is 14.9 Å². The lowest BCUT2D eigenvalue weighted by molar-refractivity contribution is -0.119. The molecule has 1 aromatic heterocycles. The Balaban J connectivity index is 1.36. The van der Waals surface area contributed by atoms with E-state index in [2.05, 4.69) is 27.6 Å². The molecular weight excluding hydrogens is 404 g/mol. The molecule has 6 nitrogen and oxygen atoms in total. The number of hydrogen-bond donors (Lipinski definition) is 1. The maximum Gasteiger partial charge on any atom is 0.254 e. The van der Waals surface area contributed by atoms with Gasteiger partial charge >= 0.3 is 0 Å². The van der Waals surface area contributed by atoms with Crippen molar-refractivity contribution < 1.29 is 9.59 Å². The van der Waals surface area contributed by atoms with Gasteiger partial charge in [-0.15, -0.1) is 10.2 Å². The summed E-state index contributed by atoms with van der Waals surface area (Å²) >= 11 is 2.94. The van der Waals surface area contributed by atoms with Crippen LogP contribution in [0.4, 0.5) is 5.13 Å². The first-order valence-electron chi connectivity index (χ1n) is 9.38. The molecule has 0 bridgehead atoms. The van der Waals surface area contributed by atoms with Crippen molar-refractivity contribution in [1.29, 1.82) is 0 Å². The first-order valence-corrected chi connectivity index (χ1v) is 11.2. The first kappa shape index (κ1) is 19.6. The lowest BCUT2D eigenvalue weighted by Gasteiger charge is -2.23. The lowest BCUT2D eigenvalue weighted by Crippen LogP contribution is -2.43. The van der Waals surface area contributed by atoms with Crippen molar-refractivity contribution in [2.75, 3.05) is 11.9 Å². The van der Waals surface area contributed by atoms with Gasteiger partial charge in [-0.2, -0.15) is 0 Å². The second-order valence-corrected chi connectivity index (χ2v) is 8.86. The Labute approximate surface area is 177 Å². The number of carbonyl (C=O) groups excluding carboxylic acids is 2. The Hall–Kier alpha value is -2.71. The zero-order chi connectivity index (χ0) is 20.1. The third-order valence-corrected chi connectivity index (χ3v) is 6.72. The molecule has 148 valence electrons. The number of nitrogens with one attached hydrogen (secondary N) is 1. The van der Waals surface area contributed by atoms with Crippen molar-refractivity contribution in [2.24, 2.45) is 0 Å². The number of aromatic nitrogens is 2. The number of benzene rings is 2. The average molecular weight is 425 g/mol. The van der Waals surface area contributed by atoms with Crippen LogP contribution in [-0.4, -0.2) is 39.5 Å². The van der Waals surface area contributed by atoms with Crippen molar-refractivity contribution in [3.63, 3.8) is 0 Å². The molecule has 1 aliphatic heterocycles. The monoisotopic (exact) mass is 424 g/mol. The molecule has 3 aromatic rings. The van der Waals surface area contributed by atoms with Crippen LogP contribution in [0.15, 0.2) is 65.0 Å². The van der Waals surface area contributed by atoms with Gasteiger partial charge in [0.1, 0.15) is 6.04 Å². The summed E-state index contributed by atoms with van der Waals surface area (Å²) in [7, 11) is 0. The van der Waals surface area contributed by atoms with Crippen molar-refractivity contribution >= 4 is 40.0 Å². The number of thioether (sulfide) groups is 1. The van der Waals surface area contributed by atoms with Crippen LogP contribution in [0.25, 0.3) is 0 Å². The van der Waals surface area contributed by atoms with Gasteiger partial charge in [0.25, 0.3) is 5.91 Å². The number of likely N-dealkylation sites (tertiary alicyclic amines) is 1. The molecule has 1 fully saturated rings. The number of hydrogen-bond acceptors (Lipinski definition) is 6. The summed E-state index contributed by atoms with van der Waals surface area (Å²) in [6, 6.07) is 18.7. The molecule has 0 spiro atoms. The summed E-state index contributed by atoms with van der Waals surface area (Å²) < 4.78 is 0.799. The van der Waals surface area contributed by atoms with Crippen molar-refractivity contribution in [3.05, 3.63) is 71.8 Å². The number of anilines is 1. The molecule has 29 heavy (non-hydrogen) atoms. The van der Waals surface area contributed by atoms with Gasteiger partial charge in [-0.05, 0) is 30.5 Å². The molecule has 2 heterocycles. The van der Waals surface area contributed by atoms with Gasteiger partial charge in [0.05, 0.1) is 0 Å². The maximum absolute atomic E-state index is 12.8. The zero-order valence-electron chi connectivity index (χ0n) is 15.7. The van der Waals surface area contributed by atoms with E-state index in [4.69, 9.17) is 0 Å². The minimum Gasteiger partial charge on any atom is -0.327 e. The van der Waals surface area contributed by atoms with E-state index >= 15 is 0 Å². The fourth-order valence-corrected chi connectivity index (χ4v) is 4.97. The Morgan fingerprint density at radius 2 is 1.79 bits per heavy atom. The third-order valence-electron chi connectivity index (χ3n) is 4.68. The molecule has 0 aliphatic carbocycles. The fourth-order valence-electron chi connectivity index (χ4n) is 3.26. The molecule has 1 unspecified atom stereocenters. The zero-order valence-corrected chi connectivity index (χ0v) is 17.3. The lowest BCUT2D eigenvalue weighted by atomic mass is 10.1. The van der Waals surface area contributed by atoms with Crippen LogP contribution < -0.4 is 5.32 Å². The highest BCUT2D eigenvalue weighted by molar-refractivity contribution is 8.00. The predicted molar refractivity (Wildman–Crippen MR) is 115 cm³/mol. The van der Waals surface area contributed by atoms with Crippen LogP contribution >= 0.6 is 23.1 Å². The van der Waals surface area contributed by atoms with E-state index in [0.717, 1.165) is 16.5 Å². The van der Waals surface area contributed by atoms with Crippen LogP contribution in [0, 0.1) is 0 Å². The van der Waals surface area contributed by atoms with Crippen LogP contribution in [0.5, 0.6) is 0 Å². The summed E-state index contributed by atoms with van der Waals surface area (Å²) in [6.07, 6.45) is 1.46. The second kappa shape index (κ2) is 9.19. The standard InChI is InChI=1S/C21H20N4O2S2/c26-18(17-12-7-13-25(17)19(27)16-10-5-2-6-11-16)22-20-23-24-21(29-20)28-14-15-8-3-1-4-9-15/h1-6,8-11,17H,7,12-14H2,(H,22,23,26). The summed E-state index contributed by atoms with van der Waals surface area (Å²) in [4.78, 5) is 27.2. The molecule has 2 amide bonds. The molecular formula is C21H20N4O2S2. The number of nitrogens with zero attached hydrogens (tertiary/aromatic N) is 3. The minimum absolute atomic E-state index is 0.111. The summed E-state index contributed by atoms with van der Waals surface area (Å²) in [5, 5.41) is 11.5. The van der Waals surface area contributed by atoms with Gasteiger partial charge in [0.2, 0.25) is 11.0 Å². The predicted octanol–water partition coefficient (Wildman–Crippen LogP) is 4.07. The van der Waals surface area contributed by atoms with Crippen LogP contribution in [0.2, 0.25) is 0 Å². The molecule has 1 atom stereocenters. The summed E-state index contributed by atoms with van der Waals surface area (Å²) in [5.74, 6) is 0.480. The highest BCUT2D eigenvalue weighted by Crippen LogP contribution is 2.29. The largest absolute Gasteiger partial charge is 0.327 e. The summed E-state index contributed by atoms with van der Waals surface area (Å²) in [6.45, 7) is 0.583. The van der Waals surface area contributed by atoms with E-state index in [1.165, 1.54) is 16.9 Å². The quantitative estimate of drug-likeness (QED) is 0.477. The number of amides is 2. The van der Waals surface area contributed by atoms with Crippen molar-refractivity contribution in [1.82, 2.24) is 15.1 Å². The van der Waals surface area contributed by atoms with E-state index in [0.29, 0.717) is 23.7 Å². The second-order valence-electron chi connectivity index (χ2n) is 6.66. The number of rotatable bonds is 6. The van der Waals surface area contributed by atoms with Gasteiger partial charge in [-0.25, -0.2) is 0 Å². The Morgan fingerprint density at radius 3 is 2.55 bits per heavy atom. The molecule has 1 saturated heterocycles. The van der Waals surface area contributed by atoms with E-state index in [1.807, 2.05) is 36.4 Å². The normalized spacial score (nSPS) is 16.0. The minimum atomic E-state index is -0.480. The van der Waals surface area contributed by atoms with E-state index in [9.17, 15) is 9.59 Å². The molecule has 1 N–H and O–H groups in total. The molecule has 4 rings (SSSR count). The molecule has 0 radical (unpaired) electrons. The van der Waals surface area contributed by atoms with Gasteiger partial charge < -0.3 is 4.90 Å². The van der Waals surface area contributed by atoms with Crippen LogP contribution in [0.1, 0.15) is 28.8 Å². The molecule has 0 saturated carbocycles. The maximum atomic E-state index is 12.8. The summed E-state index contributed by atoms with van der Waals surface area (Å²) in [5.41, 5.74) is 1.81. The van der Waals surface area contributed by atoms with Crippen LogP contribution in [-0.2, 0) is 10.5 Å². The molecule has 2 aromatic carbocycles. The SMILES string of the molecule is O=C(Nc1nnc(SCc2ccccc2)s1)C1CCCN1C(=O)c1ccccc1. The van der Waals surface area contributed by atoms with E-state index < -0.39 is 6.04 Å². The average Bonchev–Trinajstić information content (AvgIpc) is 3.43. The van der Waals surface area contributed by atoms with Crippen molar-refractivity contribution in [2.45, 2.75) is 29.0 Å². The van der Waals surface area contributed by atoms with Crippen LogP contribution in [0.3, 0.4) is 0 Å². The Bertz CT molecular complexity index is 979. The Morgan fingerprint density at radius 1 is 1.07 bits per heavy atom. The highest BCUT2D eigenvalue weighted by atomic mass is 32.2. The van der Waals surface area contributed by atoms with E-state index in [-0.39, 0.29) is 11.8 Å². The third kappa shape index (κ3) is 4.83. The smallest absolute Gasteiger partial charge is 0.254 e. The van der Waals surface area contributed by atoms with Gasteiger partial charge in [0, 0.05) is 17.9 Å². The topological polar surface area (TPSA) is 75.2 Å². The van der Waals surface area contributed by atoms with Gasteiger partial charge in [-0.1, -0.05) is 71.6 Å². The number of carbonyl (C=O) groups is 2. The molecule has 8 heteroatoms. The highest BCUT2D eigenvalue weighted by Gasteiger charge is 2.34. The molecule has 1 aliphatic rings. The Kier molecular flexibility index (Phi) is 6.21.